The molecule has 0 saturated heterocycles. The average Bonchev–Trinajstić information content (AvgIpc) is 3.08. The fourth-order valence-corrected chi connectivity index (χ4v) is 3.84. The molecular weight excluding hydrogens is 372 g/mol. The van der Waals surface area contributed by atoms with Crippen LogP contribution in [0.1, 0.15) is 28.4 Å². The van der Waals surface area contributed by atoms with Crippen LogP contribution in [-0.2, 0) is 24.8 Å². The fraction of sp³-hybridized carbons (Fsp3) is 0.238. The Hall–Kier alpha value is -3.68. The summed E-state index contributed by atoms with van der Waals surface area (Å²) in [7, 11) is 1.70. The van der Waals surface area contributed by atoms with Crippen LogP contribution in [0.2, 0.25) is 0 Å². The predicted molar refractivity (Wildman–Crippen MR) is 106 cm³/mol. The van der Waals surface area contributed by atoms with Gasteiger partial charge in [-0.25, -0.2) is 4.79 Å². The summed E-state index contributed by atoms with van der Waals surface area (Å²) in [6.45, 7) is 2.14. The number of carbonyl (C=O) groups is 2. The van der Waals surface area contributed by atoms with Crippen molar-refractivity contribution in [2.75, 3.05) is 6.54 Å². The number of carboxylic acid groups (broad SMARTS) is 1. The monoisotopic (exact) mass is 392 g/mol. The fourth-order valence-electron chi connectivity index (χ4n) is 3.84. The van der Waals surface area contributed by atoms with Crippen molar-refractivity contribution in [2.24, 2.45) is 7.05 Å². The van der Waals surface area contributed by atoms with Crippen LogP contribution in [0.4, 0.5) is 0 Å². The maximum atomic E-state index is 13.2. The van der Waals surface area contributed by atoms with E-state index in [1.807, 2.05) is 30.3 Å². The van der Waals surface area contributed by atoms with E-state index in [9.17, 15) is 19.5 Å². The van der Waals surface area contributed by atoms with E-state index in [1.54, 1.807) is 29.0 Å². The maximum Gasteiger partial charge on any atom is 0.341 e. The highest BCUT2D eigenvalue weighted by atomic mass is 16.4. The molecule has 1 aromatic carbocycles. The van der Waals surface area contributed by atoms with Gasteiger partial charge in [-0.15, -0.1) is 0 Å². The number of hydrogen-bond acceptors (Lipinski definition) is 4. The van der Waals surface area contributed by atoms with Crippen LogP contribution in [0.25, 0.3) is 16.9 Å². The summed E-state index contributed by atoms with van der Waals surface area (Å²) in [4.78, 5) is 38.6. The lowest BCUT2D eigenvalue weighted by molar-refractivity contribution is -0.129. The molecule has 4 rings (SSSR count). The van der Waals surface area contributed by atoms with E-state index in [0.717, 1.165) is 5.56 Å². The SMILES string of the molecule is CC(=O)N1CCc2c(cn(-c3c(-c4ccccc4)cnn3C)c(=O)c2C(=O)O)C1. The molecule has 0 fully saturated rings. The van der Waals surface area contributed by atoms with Gasteiger partial charge in [-0.2, -0.15) is 5.10 Å². The van der Waals surface area contributed by atoms with E-state index in [0.29, 0.717) is 35.5 Å². The Morgan fingerprint density at radius 2 is 1.90 bits per heavy atom. The van der Waals surface area contributed by atoms with Gasteiger partial charge in [0.25, 0.3) is 5.56 Å². The molecule has 8 nitrogen and oxygen atoms in total. The average molecular weight is 392 g/mol. The van der Waals surface area contributed by atoms with Gasteiger partial charge in [0.15, 0.2) is 0 Å². The first-order chi connectivity index (χ1) is 13.9. The number of aryl methyl sites for hydroxylation is 1. The van der Waals surface area contributed by atoms with E-state index >= 15 is 0 Å². The topological polar surface area (TPSA) is 97.4 Å². The summed E-state index contributed by atoms with van der Waals surface area (Å²) < 4.78 is 2.88. The molecule has 3 heterocycles. The lowest BCUT2D eigenvalue weighted by Gasteiger charge is -2.29. The van der Waals surface area contributed by atoms with Crippen molar-refractivity contribution in [3.8, 4) is 16.9 Å². The second-order valence-corrected chi connectivity index (χ2v) is 7.05. The van der Waals surface area contributed by atoms with Gasteiger partial charge in [0.05, 0.1) is 6.20 Å². The Labute approximate surface area is 166 Å². The van der Waals surface area contributed by atoms with Crippen molar-refractivity contribution in [2.45, 2.75) is 19.9 Å². The summed E-state index contributed by atoms with van der Waals surface area (Å²) in [6.07, 6.45) is 3.63. The molecule has 8 heteroatoms. The van der Waals surface area contributed by atoms with Gasteiger partial charge in [-0.05, 0) is 23.1 Å². The molecule has 0 atom stereocenters. The van der Waals surface area contributed by atoms with Crippen molar-refractivity contribution in [1.82, 2.24) is 19.2 Å². The van der Waals surface area contributed by atoms with Crippen molar-refractivity contribution in [3.63, 3.8) is 0 Å². The van der Waals surface area contributed by atoms with Gasteiger partial charge in [0.2, 0.25) is 5.91 Å². The lowest BCUT2D eigenvalue weighted by atomic mass is 9.96. The zero-order valence-corrected chi connectivity index (χ0v) is 16.1. The van der Waals surface area contributed by atoms with Crippen LogP contribution in [0.15, 0.2) is 47.5 Å². The van der Waals surface area contributed by atoms with E-state index < -0.39 is 11.5 Å². The van der Waals surface area contributed by atoms with Gasteiger partial charge < -0.3 is 10.0 Å². The van der Waals surface area contributed by atoms with E-state index in [2.05, 4.69) is 5.10 Å². The Kier molecular flexibility index (Phi) is 4.54. The molecule has 2 aromatic heterocycles. The van der Waals surface area contributed by atoms with Crippen LogP contribution < -0.4 is 5.56 Å². The Balaban J connectivity index is 1.97. The molecule has 1 aliphatic heterocycles. The highest BCUT2D eigenvalue weighted by Gasteiger charge is 2.28. The Bertz CT molecular complexity index is 1180. The molecule has 29 heavy (non-hydrogen) atoms. The molecule has 1 amide bonds. The van der Waals surface area contributed by atoms with Gasteiger partial charge >= 0.3 is 5.97 Å². The second-order valence-electron chi connectivity index (χ2n) is 7.05. The number of rotatable bonds is 3. The van der Waals surface area contributed by atoms with Crippen LogP contribution in [0.5, 0.6) is 0 Å². The van der Waals surface area contributed by atoms with Crippen LogP contribution in [0, 0.1) is 0 Å². The third-order valence-electron chi connectivity index (χ3n) is 5.28. The first kappa shape index (κ1) is 18.7. The predicted octanol–water partition coefficient (Wildman–Crippen LogP) is 1.84. The molecule has 148 valence electrons. The third kappa shape index (κ3) is 3.12. The van der Waals surface area contributed by atoms with Gasteiger partial charge in [0, 0.05) is 38.8 Å². The largest absolute Gasteiger partial charge is 0.477 e. The number of aromatic nitrogens is 3. The number of aromatic carboxylic acids is 1. The molecular formula is C21H20N4O4. The lowest BCUT2D eigenvalue weighted by Crippen LogP contribution is -2.38. The molecule has 0 unspecified atom stereocenters. The molecule has 0 spiro atoms. The summed E-state index contributed by atoms with van der Waals surface area (Å²) >= 11 is 0. The van der Waals surface area contributed by atoms with Crippen LogP contribution >= 0.6 is 0 Å². The minimum Gasteiger partial charge on any atom is -0.477 e. The summed E-state index contributed by atoms with van der Waals surface area (Å²) in [5.74, 6) is -0.873. The number of carbonyl (C=O) groups excluding carboxylic acids is 1. The normalized spacial score (nSPS) is 13.2. The van der Waals surface area contributed by atoms with E-state index in [4.69, 9.17) is 0 Å². The van der Waals surface area contributed by atoms with Crippen molar-refractivity contribution < 1.29 is 14.7 Å². The first-order valence-corrected chi connectivity index (χ1v) is 9.22. The maximum absolute atomic E-state index is 13.2. The van der Waals surface area contributed by atoms with Crippen molar-refractivity contribution in [3.05, 3.63) is 69.8 Å². The van der Waals surface area contributed by atoms with Gasteiger partial charge in [-0.1, -0.05) is 30.3 Å². The number of nitrogens with zero attached hydrogens (tertiary/aromatic N) is 4. The number of amides is 1. The summed E-state index contributed by atoms with van der Waals surface area (Å²) in [5, 5.41) is 14.0. The van der Waals surface area contributed by atoms with Crippen LogP contribution in [-0.4, -0.2) is 42.8 Å². The molecule has 0 aliphatic carbocycles. The first-order valence-electron chi connectivity index (χ1n) is 9.22. The van der Waals surface area contributed by atoms with Gasteiger partial charge in [0.1, 0.15) is 11.4 Å². The molecule has 1 N–H and O–H groups in total. The molecule has 1 aliphatic rings. The summed E-state index contributed by atoms with van der Waals surface area (Å²) in [5.41, 5.74) is 1.88. The zero-order chi connectivity index (χ0) is 20.7. The van der Waals surface area contributed by atoms with Crippen molar-refractivity contribution in [1.29, 1.82) is 0 Å². The zero-order valence-electron chi connectivity index (χ0n) is 16.1. The number of fused-ring (bicyclic) bond motifs is 1. The molecule has 0 saturated carbocycles. The number of pyridine rings is 1. The van der Waals surface area contributed by atoms with E-state index in [-0.39, 0.29) is 18.0 Å². The molecule has 0 radical (unpaired) electrons. The minimum absolute atomic E-state index is 0.0872. The number of hydrogen-bond donors (Lipinski definition) is 1. The minimum atomic E-state index is -1.26. The second kappa shape index (κ2) is 7.05. The highest BCUT2D eigenvalue weighted by molar-refractivity contribution is 5.90. The van der Waals surface area contributed by atoms with E-state index in [1.165, 1.54) is 11.5 Å². The Morgan fingerprint density at radius 1 is 1.17 bits per heavy atom. The quantitative estimate of drug-likeness (QED) is 0.734. The number of benzene rings is 1. The van der Waals surface area contributed by atoms with Crippen LogP contribution in [0.3, 0.4) is 0 Å². The Morgan fingerprint density at radius 3 is 2.55 bits per heavy atom. The smallest absolute Gasteiger partial charge is 0.341 e. The highest BCUT2D eigenvalue weighted by Crippen LogP contribution is 2.27. The third-order valence-corrected chi connectivity index (χ3v) is 5.28. The molecule has 0 bridgehead atoms. The number of carboxylic acids is 1. The van der Waals surface area contributed by atoms with Crippen molar-refractivity contribution >= 4 is 11.9 Å². The van der Waals surface area contributed by atoms with Gasteiger partial charge in [-0.3, -0.25) is 18.8 Å². The standard InChI is InChI=1S/C21H20N4O4/c1-13(26)24-9-8-16-15(11-24)12-25(20(27)18(16)21(28)29)19-17(10-22-23(19)2)14-6-4-3-5-7-14/h3-7,10,12H,8-9,11H2,1-2H3,(H,28,29). The summed E-state index contributed by atoms with van der Waals surface area (Å²) in [6, 6.07) is 9.47. The molecule has 3 aromatic rings.